The van der Waals surface area contributed by atoms with Crippen LogP contribution >= 0.6 is 7.26 Å². The Hall–Kier alpha value is -3.15. The molecule has 0 spiro atoms. The molecule has 2 heteroatoms. The van der Waals surface area contributed by atoms with E-state index in [1.165, 1.54) is 15.9 Å². The predicted molar refractivity (Wildman–Crippen MR) is 122 cm³/mol. The maximum atomic E-state index is 11.1. The van der Waals surface area contributed by atoms with Crippen LogP contribution in [0.5, 0.6) is 0 Å². The zero-order chi connectivity index (χ0) is 19.2. The lowest BCUT2D eigenvalue weighted by atomic mass is 10.2. The van der Waals surface area contributed by atoms with Gasteiger partial charge >= 0.3 is 0 Å². The molecule has 28 heavy (non-hydrogen) atoms. The van der Waals surface area contributed by atoms with E-state index in [2.05, 4.69) is 78.6 Å². The standard InChI is InChI=1S/C26H21OP/c27-26(22-13-5-1-6-14-22)21-28(23-15-7-2-8-16-23,24-17-9-3-10-18-24)25-19-11-4-12-20-25/h1-21H/p+1/b26-21-. The van der Waals surface area contributed by atoms with E-state index < -0.39 is 7.26 Å². The van der Waals surface area contributed by atoms with Crippen molar-refractivity contribution >= 4 is 28.9 Å². The van der Waals surface area contributed by atoms with Crippen molar-refractivity contribution in [1.29, 1.82) is 0 Å². The van der Waals surface area contributed by atoms with Crippen molar-refractivity contribution in [2.45, 2.75) is 0 Å². The third-order valence-corrected chi connectivity index (χ3v) is 8.85. The van der Waals surface area contributed by atoms with E-state index in [-0.39, 0.29) is 0 Å². The zero-order valence-electron chi connectivity index (χ0n) is 15.5. The van der Waals surface area contributed by atoms with E-state index in [1.54, 1.807) is 0 Å². The van der Waals surface area contributed by atoms with E-state index in [4.69, 9.17) is 0 Å². The number of aliphatic hydroxyl groups excluding tert-OH is 1. The summed E-state index contributed by atoms with van der Waals surface area (Å²) in [5, 5.41) is 14.8. The highest BCUT2D eigenvalue weighted by Crippen LogP contribution is 2.58. The maximum absolute atomic E-state index is 11.1. The fourth-order valence-corrected chi connectivity index (χ4v) is 7.31. The summed E-state index contributed by atoms with van der Waals surface area (Å²) in [6, 6.07) is 41.3. The van der Waals surface area contributed by atoms with Gasteiger partial charge in [-0.25, -0.2) is 0 Å². The van der Waals surface area contributed by atoms with Gasteiger partial charge in [-0.05, 0) is 36.4 Å². The molecule has 0 bridgehead atoms. The summed E-state index contributed by atoms with van der Waals surface area (Å²) in [6.45, 7) is 0. The summed E-state index contributed by atoms with van der Waals surface area (Å²) in [6.07, 6.45) is 0. The van der Waals surface area contributed by atoms with Gasteiger partial charge in [0, 0.05) is 5.56 Å². The van der Waals surface area contributed by atoms with Crippen LogP contribution in [0.1, 0.15) is 5.56 Å². The number of rotatable bonds is 5. The van der Waals surface area contributed by atoms with Gasteiger partial charge in [0.1, 0.15) is 29.0 Å². The Balaban J connectivity index is 2.04. The first-order valence-electron chi connectivity index (χ1n) is 9.33. The molecule has 0 radical (unpaired) electrons. The molecule has 1 N–H and O–H groups in total. The quantitative estimate of drug-likeness (QED) is 0.356. The van der Waals surface area contributed by atoms with Crippen LogP contribution in [0.3, 0.4) is 0 Å². The highest BCUT2D eigenvalue weighted by Gasteiger charge is 2.44. The highest BCUT2D eigenvalue weighted by atomic mass is 31.2. The molecule has 0 saturated heterocycles. The fraction of sp³-hybridized carbons (Fsp3) is 0. The van der Waals surface area contributed by atoms with Gasteiger partial charge in [0.2, 0.25) is 0 Å². The topological polar surface area (TPSA) is 20.2 Å². The molecule has 4 aromatic rings. The molecule has 0 unspecified atom stereocenters. The Morgan fingerprint density at radius 2 is 0.821 bits per heavy atom. The van der Waals surface area contributed by atoms with E-state index in [9.17, 15) is 5.11 Å². The molecule has 0 aliphatic carbocycles. The molecule has 0 aliphatic rings. The lowest BCUT2D eigenvalue weighted by Gasteiger charge is -2.24. The predicted octanol–water partition coefficient (Wildman–Crippen LogP) is 5.54. The van der Waals surface area contributed by atoms with Crippen molar-refractivity contribution in [1.82, 2.24) is 0 Å². The maximum Gasteiger partial charge on any atom is 0.158 e. The van der Waals surface area contributed by atoms with Gasteiger partial charge in [-0.3, -0.25) is 0 Å². The van der Waals surface area contributed by atoms with Crippen LogP contribution in [-0.4, -0.2) is 5.11 Å². The summed E-state index contributed by atoms with van der Waals surface area (Å²) in [5.74, 6) is 2.40. The zero-order valence-corrected chi connectivity index (χ0v) is 16.4. The summed E-state index contributed by atoms with van der Waals surface area (Å²) in [5.41, 5.74) is 0.828. The van der Waals surface area contributed by atoms with Gasteiger partial charge in [0.15, 0.2) is 5.76 Å². The Kier molecular flexibility index (Phi) is 5.37. The molecule has 0 saturated carbocycles. The van der Waals surface area contributed by atoms with E-state index in [1.807, 2.05) is 48.5 Å². The van der Waals surface area contributed by atoms with Crippen LogP contribution in [0.15, 0.2) is 127 Å². The SMILES string of the molecule is O/C(=C\[P+](c1ccccc1)(c1ccccc1)c1ccccc1)c1ccccc1. The van der Waals surface area contributed by atoms with Gasteiger partial charge in [-0.1, -0.05) is 84.9 Å². The molecule has 136 valence electrons. The third-order valence-electron chi connectivity index (χ3n) is 4.88. The van der Waals surface area contributed by atoms with E-state index in [0.29, 0.717) is 5.76 Å². The second-order valence-electron chi connectivity index (χ2n) is 6.61. The Bertz CT molecular complexity index is 946. The van der Waals surface area contributed by atoms with E-state index in [0.717, 1.165) is 5.56 Å². The molecule has 0 amide bonds. The minimum atomic E-state index is -2.19. The third kappa shape index (κ3) is 3.50. The van der Waals surface area contributed by atoms with Gasteiger partial charge in [-0.15, -0.1) is 0 Å². The number of aliphatic hydroxyl groups is 1. The second-order valence-corrected chi connectivity index (χ2v) is 9.86. The molecule has 1 nitrogen and oxygen atoms in total. The van der Waals surface area contributed by atoms with Crippen molar-refractivity contribution in [3.05, 3.63) is 133 Å². The van der Waals surface area contributed by atoms with E-state index >= 15 is 0 Å². The van der Waals surface area contributed by atoms with Crippen LogP contribution < -0.4 is 15.9 Å². The normalized spacial score (nSPS) is 11.9. The molecule has 4 rings (SSSR count). The number of hydrogen-bond donors (Lipinski definition) is 1. The summed E-state index contributed by atoms with van der Waals surface area (Å²) < 4.78 is 0. The van der Waals surface area contributed by atoms with Crippen LogP contribution in [0, 0.1) is 0 Å². The van der Waals surface area contributed by atoms with Gasteiger partial charge < -0.3 is 5.11 Å². The summed E-state index contributed by atoms with van der Waals surface area (Å²) in [4.78, 5) is 0. The Labute approximate surface area is 167 Å². The monoisotopic (exact) mass is 381 g/mol. The highest BCUT2D eigenvalue weighted by molar-refractivity contribution is 7.98. The van der Waals surface area contributed by atoms with Crippen LogP contribution in [-0.2, 0) is 0 Å². The molecule has 0 aromatic heterocycles. The van der Waals surface area contributed by atoms with Crippen molar-refractivity contribution in [3.8, 4) is 0 Å². The molecule has 0 heterocycles. The molecule has 0 fully saturated rings. The molecule has 0 aliphatic heterocycles. The van der Waals surface area contributed by atoms with Crippen molar-refractivity contribution < 1.29 is 5.11 Å². The average molecular weight is 381 g/mol. The molecule has 0 atom stereocenters. The van der Waals surface area contributed by atoms with Crippen LogP contribution in [0.2, 0.25) is 0 Å². The first-order chi connectivity index (χ1) is 13.8. The molecular weight excluding hydrogens is 359 g/mol. The van der Waals surface area contributed by atoms with Crippen molar-refractivity contribution in [2.24, 2.45) is 0 Å². The smallest absolute Gasteiger partial charge is 0.158 e. The Morgan fingerprint density at radius 1 is 0.500 bits per heavy atom. The van der Waals surface area contributed by atoms with Gasteiger partial charge in [0.05, 0.1) is 0 Å². The lowest BCUT2D eigenvalue weighted by molar-refractivity contribution is 0.513. The fourth-order valence-electron chi connectivity index (χ4n) is 3.53. The Morgan fingerprint density at radius 3 is 1.18 bits per heavy atom. The van der Waals surface area contributed by atoms with Crippen molar-refractivity contribution in [3.63, 3.8) is 0 Å². The first-order valence-corrected chi connectivity index (χ1v) is 11.2. The molecular formula is C26H22OP+. The summed E-state index contributed by atoms with van der Waals surface area (Å²) in [7, 11) is -2.19. The number of hydrogen-bond acceptors (Lipinski definition) is 1. The van der Waals surface area contributed by atoms with Crippen LogP contribution in [0.25, 0.3) is 5.76 Å². The second kappa shape index (κ2) is 8.25. The lowest BCUT2D eigenvalue weighted by Crippen LogP contribution is -2.29. The van der Waals surface area contributed by atoms with Crippen LogP contribution in [0.4, 0.5) is 0 Å². The van der Waals surface area contributed by atoms with Crippen molar-refractivity contribution in [2.75, 3.05) is 0 Å². The molecule has 4 aromatic carbocycles. The van der Waals surface area contributed by atoms with Gasteiger partial charge in [0.25, 0.3) is 0 Å². The summed E-state index contributed by atoms with van der Waals surface area (Å²) >= 11 is 0. The largest absolute Gasteiger partial charge is 0.504 e. The average Bonchev–Trinajstić information content (AvgIpc) is 2.80. The number of benzene rings is 4. The van der Waals surface area contributed by atoms with Gasteiger partial charge in [-0.2, -0.15) is 0 Å². The minimum absolute atomic E-state index is 0.311. The first kappa shape index (κ1) is 18.2. The minimum Gasteiger partial charge on any atom is -0.504 e.